The Morgan fingerprint density at radius 3 is 2.29 bits per heavy atom. The Balaban J connectivity index is 1.64. The van der Waals surface area contributed by atoms with Crippen molar-refractivity contribution in [3.63, 3.8) is 0 Å². The number of ether oxygens (including phenoxy) is 1. The normalized spacial score (nSPS) is 10.2. The lowest BCUT2D eigenvalue weighted by molar-refractivity contribution is 0.215. The first-order chi connectivity index (χ1) is 11.7. The molecule has 0 aliphatic heterocycles. The standard InChI is InChI=1S/C21H19NO2/c1-2-16-7-6-10-19(15-16)22-21(23)24-20-13-11-18(12-14-20)17-8-4-3-5-9-17/h3-15H,2H2,1H3,(H,22,23). The number of nitrogens with one attached hydrogen (secondary N) is 1. The highest BCUT2D eigenvalue weighted by atomic mass is 16.6. The van der Waals surface area contributed by atoms with Crippen LogP contribution >= 0.6 is 0 Å². The van der Waals surface area contributed by atoms with Gasteiger partial charge in [-0.3, -0.25) is 5.32 Å². The summed E-state index contributed by atoms with van der Waals surface area (Å²) in [5.41, 5.74) is 4.11. The van der Waals surface area contributed by atoms with E-state index in [1.54, 1.807) is 12.1 Å². The minimum absolute atomic E-state index is 0.490. The topological polar surface area (TPSA) is 38.3 Å². The summed E-state index contributed by atoms with van der Waals surface area (Å²) in [6.07, 6.45) is 0.432. The molecule has 0 aromatic heterocycles. The van der Waals surface area contributed by atoms with Crippen molar-refractivity contribution in [1.29, 1.82) is 0 Å². The number of rotatable bonds is 4. The summed E-state index contributed by atoms with van der Waals surface area (Å²) in [5, 5.41) is 2.75. The van der Waals surface area contributed by atoms with Gasteiger partial charge in [0.25, 0.3) is 0 Å². The lowest BCUT2D eigenvalue weighted by atomic mass is 10.1. The van der Waals surface area contributed by atoms with Gasteiger partial charge in [-0.1, -0.05) is 61.5 Å². The van der Waals surface area contributed by atoms with Crippen LogP contribution in [0.2, 0.25) is 0 Å². The van der Waals surface area contributed by atoms with Crippen molar-refractivity contribution in [2.45, 2.75) is 13.3 Å². The van der Waals surface area contributed by atoms with E-state index in [2.05, 4.69) is 12.2 Å². The molecule has 3 rings (SSSR count). The van der Waals surface area contributed by atoms with Crippen LogP contribution in [0, 0.1) is 0 Å². The number of carbonyl (C=O) groups excluding carboxylic acids is 1. The molecular formula is C21H19NO2. The quantitative estimate of drug-likeness (QED) is 0.687. The number of amides is 1. The molecule has 3 aromatic carbocycles. The van der Waals surface area contributed by atoms with Crippen LogP contribution in [-0.4, -0.2) is 6.09 Å². The summed E-state index contributed by atoms with van der Waals surface area (Å²) in [7, 11) is 0. The molecule has 0 aliphatic carbocycles. The number of benzene rings is 3. The average molecular weight is 317 g/mol. The second-order valence-corrected chi connectivity index (χ2v) is 5.46. The second kappa shape index (κ2) is 7.47. The highest BCUT2D eigenvalue weighted by Gasteiger charge is 2.06. The van der Waals surface area contributed by atoms with Crippen molar-refractivity contribution in [3.05, 3.63) is 84.4 Å². The van der Waals surface area contributed by atoms with Crippen LogP contribution in [0.15, 0.2) is 78.9 Å². The molecule has 0 saturated carbocycles. The SMILES string of the molecule is CCc1cccc(NC(=O)Oc2ccc(-c3ccccc3)cc2)c1. The van der Waals surface area contributed by atoms with Crippen molar-refractivity contribution in [2.24, 2.45) is 0 Å². The number of anilines is 1. The smallest absolute Gasteiger partial charge is 0.410 e. The fourth-order valence-electron chi connectivity index (χ4n) is 2.47. The molecule has 1 N–H and O–H groups in total. The van der Waals surface area contributed by atoms with Gasteiger partial charge in [-0.15, -0.1) is 0 Å². The van der Waals surface area contributed by atoms with Crippen molar-refractivity contribution in [1.82, 2.24) is 0 Å². The minimum Gasteiger partial charge on any atom is -0.410 e. The molecule has 0 heterocycles. The molecule has 0 unspecified atom stereocenters. The maximum Gasteiger partial charge on any atom is 0.417 e. The van der Waals surface area contributed by atoms with Crippen LogP contribution in [0.5, 0.6) is 5.75 Å². The molecule has 0 bridgehead atoms. The molecule has 0 spiro atoms. The summed E-state index contributed by atoms with van der Waals surface area (Å²) in [6.45, 7) is 2.08. The predicted octanol–water partition coefficient (Wildman–Crippen LogP) is 5.53. The Morgan fingerprint density at radius 2 is 1.58 bits per heavy atom. The zero-order valence-corrected chi connectivity index (χ0v) is 13.5. The van der Waals surface area contributed by atoms with Gasteiger partial charge in [0.2, 0.25) is 0 Å². The maximum atomic E-state index is 12.0. The van der Waals surface area contributed by atoms with Crippen LogP contribution in [0.4, 0.5) is 10.5 Å². The van der Waals surface area contributed by atoms with Crippen molar-refractivity contribution in [2.75, 3.05) is 5.32 Å². The predicted molar refractivity (Wildman–Crippen MR) is 97.3 cm³/mol. The van der Waals surface area contributed by atoms with Crippen LogP contribution in [0.1, 0.15) is 12.5 Å². The third-order valence-electron chi connectivity index (χ3n) is 3.75. The van der Waals surface area contributed by atoms with E-state index in [0.29, 0.717) is 5.75 Å². The lowest BCUT2D eigenvalue weighted by Gasteiger charge is -2.08. The summed E-state index contributed by atoms with van der Waals surface area (Å²) in [4.78, 5) is 12.0. The summed E-state index contributed by atoms with van der Waals surface area (Å²) < 4.78 is 5.33. The van der Waals surface area contributed by atoms with Gasteiger partial charge in [-0.2, -0.15) is 0 Å². The van der Waals surface area contributed by atoms with Crippen LogP contribution in [0.3, 0.4) is 0 Å². The number of hydrogen-bond acceptors (Lipinski definition) is 2. The van der Waals surface area contributed by atoms with E-state index in [1.165, 1.54) is 5.56 Å². The zero-order chi connectivity index (χ0) is 16.8. The lowest BCUT2D eigenvalue weighted by Crippen LogP contribution is -2.16. The molecule has 3 nitrogen and oxygen atoms in total. The molecule has 0 radical (unpaired) electrons. The highest BCUT2D eigenvalue weighted by molar-refractivity contribution is 5.86. The summed E-state index contributed by atoms with van der Waals surface area (Å²) in [5.74, 6) is 0.513. The molecule has 24 heavy (non-hydrogen) atoms. The van der Waals surface area contributed by atoms with E-state index in [1.807, 2.05) is 66.7 Å². The first-order valence-electron chi connectivity index (χ1n) is 7.98. The van der Waals surface area contributed by atoms with Gasteiger partial charge in [0.1, 0.15) is 5.75 Å². The Kier molecular flexibility index (Phi) is 4.92. The molecule has 0 saturated heterocycles. The summed E-state index contributed by atoms with van der Waals surface area (Å²) >= 11 is 0. The number of carbonyl (C=O) groups is 1. The van der Waals surface area contributed by atoms with Gasteiger partial charge in [0.15, 0.2) is 0 Å². The molecule has 0 fully saturated rings. The molecule has 0 atom stereocenters. The van der Waals surface area contributed by atoms with E-state index in [9.17, 15) is 4.79 Å². The van der Waals surface area contributed by atoms with E-state index >= 15 is 0 Å². The largest absolute Gasteiger partial charge is 0.417 e. The molecule has 120 valence electrons. The fourth-order valence-corrected chi connectivity index (χ4v) is 2.47. The number of aryl methyl sites for hydroxylation is 1. The Labute approximate surface area is 141 Å². The highest BCUT2D eigenvalue weighted by Crippen LogP contribution is 2.22. The van der Waals surface area contributed by atoms with Gasteiger partial charge in [-0.25, -0.2) is 4.79 Å². The van der Waals surface area contributed by atoms with E-state index < -0.39 is 6.09 Å². The summed E-state index contributed by atoms with van der Waals surface area (Å²) in [6, 6.07) is 25.3. The average Bonchev–Trinajstić information content (AvgIpc) is 2.63. The van der Waals surface area contributed by atoms with Crippen LogP contribution < -0.4 is 10.1 Å². The molecule has 3 aromatic rings. The Hall–Kier alpha value is -3.07. The van der Waals surface area contributed by atoms with Gasteiger partial charge >= 0.3 is 6.09 Å². The van der Waals surface area contributed by atoms with Crippen molar-refractivity contribution in [3.8, 4) is 16.9 Å². The van der Waals surface area contributed by atoms with Crippen molar-refractivity contribution < 1.29 is 9.53 Å². The molecule has 0 aliphatic rings. The van der Waals surface area contributed by atoms with E-state index in [0.717, 1.165) is 23.2 Å². The molecule has 3 heteroatoms. The Bertz CT molecular complexity index is 811. The van der Waals surface area contributed by atoms with Crippen LogP contribution in [-0.2, 0) is 6.42 Å². The molecule has 1 amide bonds. The first kappa shape index (κ1) is 15.8. The third-order valence-corrected chi connectivity index (χ3v) is 3.75. The van der Waals surface area contributed by atoms with Crippen molar-refractivity contribution >= 4 is 11.8 Å². The molecular weight excluding hydrogens is 298 g/mol. The third kappa shape index (κ3) is 4.02. The van der Waals surface area contributed by atoms with Gasteiger partial charge in [0.05, 0.1) is 0 Å². The monoisotopic (exact) mass is 317 g/mol. The van der Waals surface area contributed by atoms with Gasteiger partial charge < -0.3 is 4.74 Å². The second-order valence-electron chi connectivity index (χ2n) is 5.46. The fraction of sp³-hybridized carbons (Fsp3) is 0.0952. The van der Waals surface area contributed by atoms with E-state index in [-0.39, 0.29) is 0 Å². The Morgan fingerprint density at radius 1 is 0.875 bits per heavy atom. The maximum absolute atomic E-state index is 12.0. The number of hydrogen-bond donors (Lipinski definition) is 1. The van der Waals surface area contributed by atoms with Gasteiger partial charge in [-0.05, 0) is 47.4 Å². The zero-order valence-electron chi connectivity index (χ0n) is 13.5. The minimum atomic E-state index is -0.490. The van der Waals surface area contributed by atoms with Crippen LogP contribution in [0.25, 0.3) is 11.1 Å². The first-order valence-corrected chi connectivity index (χ1v) is 7.98. The van der Waals surface area contributed by atoms with E-state index in [4.69, 9.17) is 4.74 Å². The van der Waals surface area contributed by atoms with Gasteiger partial charge in [0, 0.05) is 5.69 Å².